The maximum atomic E-state index is 12.2. The van der Waals surface area contributed by atoms with Gasteiger partial charge in [0.25, 0.3) is 5.91 Å². The van der Waals surface area contributed by atoms with E-state index in [1.807, 2.05) is 0 Å². The first kappa shape index (κ1) is 12.8. The van der Waals surface area contributed by atoms with Crippen LogP contribution in [0.5, 0.6) is 5.75 Å². The second kappa shape index (κ2) is 5.77. The van der Waals surface area contributed by atoms with E-state index in [-0.39, 0.29) is 11.3 Å². The monoisotopic (exact) mass is 256 g/mol. The second-order valence-electron chi connectivity index (χ2n) is 4.11. The third kappa shape index (κ3) is 3.16. The molecule has 2 rings (SSSR count). The van der Waals surface area contributed by atoms with Crippen molar-refractivity contribution in [2.24, 2.45) is 5.92 Å². The van der Waals surface area contributed by atoms with E-state index in [0.29, 0.717) is 12.5 Å². The molecule has 0 aromatic heterocycles. The molecule has 0 aliphatic carbocycles. The molecule has 0 bridgehead atoms. The van der Waals surface area contributed by atoms with Crippen LogP contribution < -0.4 is 15.4 Å². The zero-order chi connectivity index (χ0) is 13.0. The van der Waals surface area contributed by atoms with Gasteiger partial charge < -0.3 is 15.4 Å². The summed E-state index contributed by atoms with van der Waals surface area (Å²) in [4.78, 5) is 11.8. The lowest BCUT2D eigenvalue weighted by atomic mass is 10.0. The number of hydrogen-bond acceptors (Lipinski definition) is 3. The van der Waals surface area contributed by atoms with Crippen LogP contribution in [0.15, 0.2) is 24.3 Å². The molecular formula is C12H14F2N2O2. The quantitative estimate of drug-likeness (QED) is 0.833. The summed E-state index contributed by atoms with van der Waals surface area (Å²) in [6.45, 7) is -0.658. The van der Waals surface area contributed by atoms with Crippen molar-refractivity contribution in [2.75, 3.05) is 19.6 Å². The van der Waals surface area contributed by atoms with Crippen LogP contribution in [0.1, 0.15) is 10.4 Å². The molecule has 1 aliphatic rings. The van der Waals surface area contributed by atoms with Crippen molar-refractivity contribution in [2.45, 2.75) is 6.61 Å². The number of carbonyl (C=O) groups excluding carboxylic acids is 1. The Morgan fingerprint density at radius 1 is 1.44 bits per heavy atom. The Kier molecular flexibility index (Phi) is 4.09. The highest BCUT2D eigenvalue weighted by Crippen LogP contribution is 2.20. The van der Waals surface area contributed by atoms with Crippen LogP contribution in [0.2, 0.25) is 0 Å². The molecule has 1 fully saturated rings. The van der Waals surface area contributed by atoms with Gasteiger partial charge in [-0.15, -0.1) is 0 Å². The minimum atomic E-state index is -2.94. The average molecular weight is 256 g/mol. The Morgan fingerprint density at radius 2 is 2.17 bits per heavy atom. The molecule has 1 aromatic carbocycles. The van der Waals surface area contributed by atoms with Gasteiger partial charge in [-0.1, -0.05) is 12.1 Å². The van der Waals surface area contributed by atoms with Gasteiger partial charge >= 0.3 is 6.61 Å². The van der Waals surface area contributed by atoms with Crippen LogP contribution >= 0.6 is 0 Å². The minimum Gasteiger partial charge on any atom is -0.434 e. The second-order valence-corrected chi connectivity index (χ2v) is 4.11. The third-order valence-corrected chi connectivity index (χ3v) is 2.77. The molecule has 4 nitrogen and oxygen atoms in total. The van der Waals surface area contributed by atoms with Crippen LogP contribution in [0.3, 0.4) is 0 Å². The third-order valence-electron chi connectivity index (χ3n) is 2.77. The van der Waals surface area contributed by atoms with Gasteiger partial charge in [0.1, 0.15) is 5.75 Å². The smallest absolute Gasteiger partial charge is 0.387 e. The Bertz CT molecular complexity index is 422. The molecule has 1 heterocycles. The van der Waals surface area contributed by atoms with Crippen molar-refractivity contribution in [1.82, 2.24) is 10.6 Å². The minimum absolute atomic E-state index is 0.100. The van der Waals surface area contributed by atoms with Crippen molar-refractivity contribution in [3.05, 3.63) is 29.8 Å². The largest absolute Gasteiger partial charge is 0.434 e. The highest BCUT2D eigenvalue weighted by Gasteiger charge is 2.19. The Morgan fingerprint density at radius 3 is 2.78 bits per heavy atom. The fourth-order valence-corrected chi connectivity index (χ4v) is 1.68. The van der Waals surface area contributed by atoms with Crippen LogP contribution in [0.25, 0.3) is 0 Å². The maximum Gasteiger partial charge on any atom is 0.387 e. The van der Waals surface area contributed by atoms with E-state index in [9.17, 15) is 13.6 Å². The van der Waals surface area contributed by atoms with Crippen molar-refractivity contribution < 1.29 is 18.3 Å². The number of para-hydroxylation sites is 1. The Labute approximate surface area is 103 Å². The number of alkyl halides is 2. The summed E-state index contributed by atoms with van der Waals surface area (Å²) >= 11 is 0. The standard InChI is InChI=1S/C12H14F2N2O2/c13-12(14)18-10-4-2-1-3-9(10)11(17)16-7-8-5-15-6-8/h1-4,8,12,15H,5-7H2,(H,16,17). The van der Waals surface area contributed by atoms with Crippen molar-refractivity contribution in [3.63, 3.8) is 0 Å². The summed E-state index contributed by atoms with van der Waals surface area (Å²) in [5.41, 5.74) is 0.130. The van der Waals surface area contributed by atoms with Gasteiger partial charge in [-0.3, -0.25) is 4.79 Å². The summed E-state index contributed by atoms with van der Waals surface area (Å²) in [5, 5.41) is 5.80. The molecule has 0 unspecified atom stereocenters. The van der Waals surface area contributed by atoms with Crippen LogP contribution in [0, 0.1) is 5.92 Å². The fourth-order valence-electron chi connectivity index (χ4n) is 1.68. The summed E-state index contributed by atoms with van der Waals surface area (Å²) in [5.74, 6) is -0.0768. The van der Waals surface area contributed by atoms with Crippen molar-refractivity contribution in [3.8, 4) is 5.75 Å². The number of nitrogens with one attached hydrogen (secondary N) is 2. The molecule has 0 atom stereocenters. The lowest BCUT2D eigenvalue weighted by Crippen LogP contribution is -2.48. The van der Waals surface area contributed by atoms with E-state index in [0.717, 1.165) is 13.1 Å². The molecule has 1 saturated heterocycles. The van der Waals surface area contributed by atoms with Gasteiger partial charge in [0, 0.05) is 25.6 Å². The zero-order valence-corrected chi connectivity index (χ0v) is 9.66. The lowest BCUT2D eigenvalue weighted by Gasteiger charge is -2.27. The van der Waals surface area contributed by atoms with Crippen LogP contribution in [-0.2, 0) is 0 Å². The molecule has 0 spiro atoms. The summed E-state index contributed by atoms with van der Waals surface area (Å²) < 4.78 is 28.7. The van der Waals surface area contributed by atoms with E-state index in [4.69, 9.17) is 0 Å². The zero-order valence-electron chi connectivity index (χ0n) is 9.66. The molecule has 0 saturated carbocycles. The summed E-state index contributed by atoms with van der Waals surface area (Å²) in [7, 11) is 0. The number of ether oxygens (including phenoxy) is 1. The van der Waals surface area contributed by atoms with E-state index >= 15 is 0 Å². The van der Waals surface area contributed by atoms with E-state index < -0.39 is 12.5 Å². The van der Waals surface area contributed by atoms with Gasteiger partial charge in [0.2, 0.25) is 0 Å². The van der Waals surface area contributed by atoms with Crippen molar-refractivity contribution in [1.29, 1.82) is 0 Å². The van der Waals surface area contributed by atoms with E-state index in [2.05, 4.69) is 15.4 Å². The normalized spacial score (nSPS) is 15.3. The molecule has 6 heteroatoms. The van der Waals surface area contributed by atoms with Gasteiger partial charge in [0.15, 0.2) is 0 Å². The first-order valence-electron chi connectivity index (χ1n) is 5.69. The average Bonchev–Trinajstić information content (AvgIpc) is 2.26. The number of hydrogen-bond donors (Lipinski definition) is 2. The molecule has 1 aliphatic heterocycles. The fraction of sp³-hybridized carbons (Fsp3) is 0.417. The maximum absolute atomic E-state index is 12.2. The first-order chi connectivity index (χ1) is 8.66. The topological polar surface area (TPSA) is 50.4 Å². The number of carbonyl (C=O) groups is 1. The Hall–Kier alpha value is -1.69. The molecular weight excluding hydrogens is 242 g/mol. The predicted octanol–water partition coefficient (Wildman–Crippen LogP) is 1.24. The predicted molar refractivity (Wildman–Crippen MR) is 61.8 cm³/mol. The molecule has 18 heavy (non-hydrogen) atoms. The molecule has 98 valence electrons. The molecule has 1 amide bonds. The summed E-state index contributed by atoms with van der Waals surface area (Å²) in [6.07, 6.45) is 0. The summed E-state index contributed by atoms with van der Waals surface area (Å²) in [6, 6.07) is 5.97. The molecule has 1 aromatic rings. The van der Waals surface area contributed by atoms with Crippen molar-refractivity contribution >= 4 is 5.91 Å². The highest BCUT2D eigenvalue weighted by molar-refractivity contribution is 5.96. The van der Waals surface area contributed by atoms with Gasteiger partial charge in [0.05, 0.1) is 5.56 Å². The SMILES string of the molecule is O=C(NCC1CNC1)c1ccccc1OC(F)F. The van der Waals surface area contributed by atoms with Gasteiger partial charge in [-0.2, -0.15) is 8.78 Å². The number of rotatable bonds is 5. The van der Waals surface area contributed by atoms with Gasteiger partial charge in [-0.25, -0.2) is 0 Å². The number of benzene rings is 1. The number of halogens is 2. The van der Waals surface area contributed by atoms with E-state index in [1.54, 1.807) is 12.1 Å². The van der Waals surface area contributed by atoms with Gasteiger partial charge in [-0.05, 0) is 12.1 Å². The van der Waals surface area contributed by atoms with Crippen LogP contribution in [-0.4, -0.2) is 32.2 Å². The molecule has 2 N–H and O–H groups in total. The van der Waals surface area contributed by atoms with Crippen LogP contribution in [0.4, 0.5) is 8.78 Å². The Balaban J connectivity index is 1.99. The lowest BCUT2D eigenvalue weighted by molar-refractivity contribution is -0.0501. The molecule has 0 radical (unpaired) electrons. The van der Waals surface area contributed by atoms with E-state index in [1.165, 1.54) is 12.1 Å². The number of amides is 1. The first-order valence-corrected chi connectivity index (χ1v) is 5.69. The highest BCUT2D eigenvalue weighted by atomic mass is 19.3.